The molecule has 35 heavy (non-hydrogen) atoms. The van der Waals surface area contributed by atoms with E-state index in [1.165, 1.54) is 11.5 Å². The van der Waals surface area contributed by atoms with Crippen LogP contribution in [0.3, 0.4) is 0 Å². The summed E-state index contributed by atoms with van der Waals surface area (Å²) in [6, 6.07) is 13.0. The van der Waals surface area contributed by atoms with Crippen molar-refractivity contribution in [2.24, 2.45) is 0 Å². The van der Waals surface area contributed by atoms with Crippen molar-refractivity contribution in [1.82, 2.24) is 9.27 Å². The standard InChI is InChI=1S/C27H27ClFN3O2S/c1-4-9-34-15-31-13-16(2)32(17(3)14-31)27-22-12-23(28)24(25(29)26(22)30-35-27)21-11-19(33)10-18-7-5-6-8-20(18)21/h4-8,10-12,16-17,33H,1,9,13-15H2,2-3H3/t16-,17-/m0/s1. The minimum Gasteiger partial charge on any atom is -0.508 e. The highest BCUT2D eigenvalue weighted by Gasteiger charge is 2.33. The number of aromatic hydroxyl groups is 1. The second-order valence-electron chi connectivity index (χ2n) is 9.08. The Bertz CT molecular complexity index is 1400. The number of halogens is 2. The lowest BCUT2D eigenvalue weighted by molar-refractivity contribution is 0.0265. The molecule has 2 heterocycles. The first-order chi connectivity index (χ1) is 16.9. The van der Waals surface area contributed by atoms with E-state index in [9.17, 15) is 5.11 Å². The van der Waals surface area contributed by atoms with Crippen molar-refractivity contribution in [1.29, 1.82) is 0 Å². The first-order valence-electron chi connectivity index (χ1n) is 11.6. The first kappa shape index (κ1) is 24.0. The lowest BCUT2D eigenvalue weighted by Crippen LogP contribution is -2.57. The van der Waals surface area contributed by atoms with Gasteiger partial charge in [0.2, 0.25) is 0 Å². The summed E-state index contributed by atoms with van der Waals surface area (Å²) < 4.78 is 26.2. The molecule has 0 unspecified atom stereocenters. The molecule has 5 nitrogen and oxygen atoms in total. The van der Waals surface area contributed by atoms with Crippen molar-refractivity contribution < 1.29 is 14.2 Å². The number of hydrogen-bond donors (Lipinski definition) is 1. The number of anilines is 1. The molecular weight excluding hydrogens is 485 g/mol. The third kappa shape index (κ3) is 4.38. The number of benzene rings is 3. The molecule has 1 aliphatic rings. The molecule has 0 saturated carbocycles. The third-order valence-electron chi connectivity index (χ3n) is 6.50. The van der Waals surface area contributed by atoms with Crippen LogP contribution in [0.25, 0.3) is 32.8 Å². The van der Waals surface area contributed by atoms with Crippen molar-refractivity contribution in [3.8, 4) is 16.9 Å². The molecule has 1 aromatic heterocycles. The van der Waals surface area contributed by atoms with Gasteiger partial charge in [-0.2, -0.15) is 4.37 Å². The molecule has 1 aliphatic heterocycles. The molecule has 0 bridgehead atoms. The molecule has 4 aromatic rings. The normalized spacial score (nSPS) is 19.0. The van der Waals surface area contributed by atoms with Crippen molar-refractivity contribution in [2.75, 3.05) is 31.3 Å². The number of nitrogens with zero attached hydrogens (tertiary/aromatic N) is 3. The summed E-state index contributed by atoms with van der Waals surface area (Å²) in [6.07, 6.45) is 1.75. The van der Waals surface area contributed by atoms with E-state index in [1.807, 2.05) is 30.3 Å². The molecule has 1 N–H and O–H groups in total. The SMILES string of the molecule is C=CCOCN1C[C@H](C)N(c2snc3c(F)c(-c4cc(O)cc5ccccc45)c(Cl)cc23)[C@@H](C)C1. The topological polar surface area (TPSA) is 48.8 Å². The molecule has 0 spiro atoms. The van der Waals surface area contributed by atoms with Crippen LogP contribution in [0.2, 0.25) is 5.02 Å². The van der Waals surface area contributed by atoms with Gasteiger partial charge in [0, 0.05) is 36.1 Å². The summed E-state index contributed by atoms with van der Waals surface area (Å²) in [5.41, 5.74) is 1.11. The van der Waals surface area contributed by atoms with Gasteiger partial charge >= 0.3 is 0 Å². The van der Waals surface area contributed by atoms with E-state index in [0.29, 0.717) is 34.8 Å². The summed E-state index contributed by atoms with van der Waals surface area (Å²) in [5, 5.41) is 13.8. The highest BCUT2D eigenvalue weighted by molar-refractivity contribution is 7.11. The molecule has 1 saturated heterocycles. The van der Waals surface area contributed by atoms with Crippen LogP contribution in [-0.2, 0) is 4.74 Å². The zero-order chi connectivity index (χ0) is 24.7. The Balaban J connectivity index is 1.55. The highest BCUT2D eigenvalue weighted by atomic mass is 35.5. The van der Waals surface area contributed by atoms with Gasteiger partial charge in [-0.15, -0.1) is 6.58 Å². The van der Waals surface area contributed by atoms with Gasteiger partial charge in [-0.25, -0.2) is 4.39 Å². The lowest BCUT2D eigenvalue weighted by atomic mass is 9.96. The zero-order valence-corrected chi connectivity index (χ0v) is 21.2. The van der Waals surface area contributed by atoms with Crippen LogP contribution in [0, 0.1) is 5.82 Å². The molecule has 8 heteroatoms. The predicted octanol–water partition coefficient (Wildman–Crippen LogP) is 6.67. The third-order valence-corrected chi connectivity index (χ3v) is 7.68. The van der Waals surface area contributed by atoms with Crippen molar-refractivity contribution in [3.63, 3.8) is 0 Å². The fraction of sp³-hybridized carbons (Fsp3) is 0.296. The van der Waals surface area contributed by atoms with Crippen molar-refractivity contribution >= 4 is 49.8 Å². The first-order valence-corrected chi connectivity index (χ1v) is 12.7. The van der Waals surface area contributed by atoms with Crippen LogP contribution in [0.15, 0.2) is 55.1 Å². The molecule has 3 aromatic carbocycles. The number of hydrogen-bond acceptors (Lipinski definition) is 6. The Hall–Kier alpha value is -2.71. The number of fused-ring (bicyclic) bond motifs is 2. The van der Waals surface area contributed by atoms with Gasteiger partial charge in [0.1, 0.15) is 16.3 Å². The second-order valence-corrected chi connectivity index (χ2v) is 10.2. The maximum absolute atomic E-state index is 16.0. The van der Waals surface area contributed by atoms with E-state index in [1.54, 1.807) is 18.2 Å². The molecule has 182 valence electrons. The smallest absolute Gasteiger partial charge is 0.159 e. The lowest BCUT2D eigenvalue weighted by Gasteiger charge is -2.45. The average molecular weight is 512 g/mol. The fourth-order valence-electron chi connectivity index (χ4n) is 5.14. The monoisotopic (exact) mass is 511 g/mol. The van der Waals surface area contributed by atoms with Crippen molar-refractivity contribution in [2.45, 2.75) is 25.9 Å². The Kier molecular flexibility index (Phi) is 6.68. The maximum Gasteiger partial charge on any atom is 0.159 e. The van der Waals surface area contributed by atoms with Crippen LogP contribution >= 0.6 is 23.1 Å². The van der Waals surface area contributed by atoms with Crippen molar-refractivity contribution in [3.05, 3.63) is 66.0 Å². The molecular formula is C27H27ClFN3O2S. The molecule has 1 fully saturated rings. The summed E-state index contributed by atoms with van der Waals surface area (Å²) in [5.74, 6) is -0.409. The number of ether oxygens (including phenoxy) is 1. The average Bonchev–Trinajstić information content (AvgIpc) is 3.22. The minimum atomic E-state index is -0.470. The molecule has 0 radical (unpaired) electrons. The van der Waals surface area contributed by atoms with Crippen LogP contribution < -0.4 is 4.90 Å². The van der Waals surface area contributed by atoms with E-state index >= 15 is 4.39 Å². The highest BCUT2D eigenvalue weighted by Crippen LogP contribution is 2.44. The van der Waals surface area contributed by atoms with E-state index in [0.717, 1.165) is 28.9 Å². The van der Waals surface area contributed by atoms with Crippen LogP contribution in [0.5, 0.6) is 5.75 Å². The quantitative estimate of drug-likeness (QED) is 0.231. The van der Waals surface area contributed by atoms with Gasteiger partial charge in [-0.1, -0.05) is 41.9 Å². The van der Waals surface area contributed by atoms with Crippen LogP contribution in [0.4, 0.5) is 9.39 Å². The van der Waals surface area contributed by atoms with Gasteiger partial charge < -0.3 is 14.7 Å². The Morgan fingerprint density at radius 3 is 2.69 bits per heavy atom. The number of rotatable bonds is 6. The Morgan fingerprint density at radius 2 is 1.94 bits per heavy atom. The van der Waals surface area contributed by atoms with Gasteiger partial charge in [-0.3, -0.25) is 4.90 Å². The van der Waals surface area contributed by atoms with E-state index in [-0.39, 0.29) is 23.4 Å². The van der Waals surface area contributed by atoms with Gasteiger partial charge in [0.25, 0.3) is 0 Å². The van der Waals surface area contributed by atoms with Gasteiger partial charge in [0.15, 0.2) is 5.82 Å². The Morgan fingerprint density at radius 1 is 1.20 bits per heavy atom. The van der Waals surface area contributed by atoms with E-state index in [4.69, 9.17) is 16.3 Å². The molecule has 2 atom stereocenters. The Labute approximate surface area is 213 Å². The van der Waals surface area contributed by atoms with E-state index < -0.39 is 5.82 Å². The molecule has 5 rings (SSSR count). The minimum absolute atomic E-state index is 0.0609. The molecule has 0 aliphatic carbocycles. The zero-order valence-electron chi connectivity index (χ0n) is 19.7. The molecule has 0 amide bonds. The van der Waals surface area contributed by atoms with Gasteiger partial charge in [-0.05, 0) is 59.9 Å². The fourth-order valence-corrected chi connectivity index (χ4v) is 6.50. The van der Waals surface area contributed by atoms with E-state index in [2.05, 4.69) is 34.6 Å². The second kappa shape index (κ2) is 9.74. The predicted molar refractivity (Wildman–Crippen MR) is 143 cm³/mol. The number of phenolic OH excluding ortho intramolecular Hbond substituents is 1. The maximum atomic E-state index is 16.0. The van der Waals surface area contributed by atoms with Crippen LogP contribution in [-0.4, -0.2) is 52.9 Å². The summed E-state index contributed by atoms with van der Waals surface area (Å²) in [7, 11) is 0. The summed E-state index contributed by atoms with van der Waals surface area (Å²) >= 11 is 8.03. The van der Waals surface area contributed by atoms with Crippen LogP contribution in [0.1, 0.15) is 13.8 Å². The number of piperazine rings is 1. The summed E-state index contributed by atoms with van der Waals surface area (Å²) in [6.45, 7) is 10.7. The van der Waals surface area contributed by atoms with Gasteiger partial charge in [0.05, 0.1) is 18.4 Å². The largest absolute Gasteiger partial charge is 0.508 e. The number of phenols is 1. The summed E-state index contributed by atoms with van der Waals surface area (Å²) in [4.78, 5) is 4.58. The number of aromatic nitrogens is 1.